The Labute approximate surface area is 154 Å². The molecule has 0 saturated heterocycles. The maximum atomic E-state index is 13.3. The summed E-state index contributed by atoms with van der Waals surface area (Å²) < 4.78 is 20.2. The Kier molecular flexibility index (Phi) is 5.52. The zero-order valence-electron chi connectivity index (χ0n) is 14.8. The molecule has 27 heavy (non-hydrogen) atoms. The van der Waals surface area contributed by atoms with Gasteiger partial charge < -0.3 is 9.94 Å². The molecule has 140 valence electrons. The molecular weight excluding hydrogens is 351 g/mol. The summed E-state index contributed by atoms with van der Waals surface area (Å²) in [6.45, 7) is 1.82. The van der Waals surface area contributed by atoms with E-state index in [2.05, 4.69) is 0 Å². The van der Waals surface area contributed by atoms with Crippen molar-refractivity contribution >= 4 is 0 Å². The molecule has 0 aliphatic carbocycles. The Morgan fingerprint density at radius 3 is 2.33 bits per heavy atom. The van der Waals surface area contributed by atoms with Crippen LogP contribution in [0.2, 0.25) is 0 Å². The lowest BCUT2D eigenvalue weighted by atomic mass is 10.0. The lowest BCUT2D eigenvalue weighted by Gasteiger charge is -2.17. The molecule has 3 rings (SSSR count). The summed E-state index contributed by atoms with van der Waals surface area (Å²) >= 11 is 0. The molecule has 0 atom stereocenters. The van der Waals surface area contributed by atoms with Gasteiger partial charge in [0.1, 0.15) is 12.5 Å². The second kappa shape index (κ2) is 8.01. The van der Waals surface area contributed by atoms with Crippen LogP contribution in [0.4, 0.5) is 4.39 Å². The highest BCUT2D eigenvalue weighted by Crippen LogP contribution is 2.22. The molecule has 1 N–H and O–H groups in total. The van der Waals surface area contributed by atoms with Gasteiger partial charge in [0.2, 0.25) is 0 Å². The Hall–Kier alpha value is -3.19. The first-order valence-electron chi connectivity index (χ1n) is 8.48. The molecule has 0 saturated carbocycles. The van der Waals surface area contributed by atoms with Gasteiger partial charge in [0.25, 0.3) is 5.56 Å². The molecule has 1 heterocycles. The summed E-state index contributed by atoms with van der Waals surface area (Å²) in [6, 6.07) is 14.9. The van der Waals surface area contributed by atoms with Crippen LogP contribution in [0.5, 0.6) is 0 Å². The van der Waals surface area contributed by atoms with Crippen molar-refractivity contribution in [3.63, 3.8) is 0 Å². The van der Waals surface area contributed by atoms with Crippen LogP contribution in [0.25, 0.3) is 11.3 Å². The number of rotatable bonds is 6. The van der Waals surface area contributed by atoms with E-state index in [0.717, 1.165) is 5.56 Å². The third kappa shape index (κ3) is 3.83. The number of nitrogens with zero attached hydrogens (tertiary/aromatic N) is 2. The van der Waals surface area contributed by atoms with E-state index in [0.29, 0.717) is 11.3 Å². The van der Waals surface area contributed by atoms with Crippen molar-refractivity contribution in [1.29, 1.82) is 0 Å². The molecule has 0 unspecified atom stereocenters. The molecular formula is C20H19FN2O4. The summed E-state index contributed by atoms with van der Waals surface area (Å²) in [5.74, 6) is -0.429. The molecule has 0 radical (unpaired) electrons. The van der Waals surface area contributed by atoms with Crippen LogP contribution in [0.3, 0.4) is 0 Å². The van der Waals surface area contributed by atoms with Gasteiger partial charge in [0.05, 0.1) is 12.3 Å². The predicted molar refractivity (Wildman–Crippen MR) is 98.1 cm³/mol. The first kappa shape index (κ1) is 18.6. The molecule has 2 aromatic carbocycles. The number of aromatic nitrogens is 2. The van der Waals surface area contributed by atoms with Gasteiger partial charge in [-0.1, -0.05) is 42.0 Å². The predicted octanol–water partition coefficient (Wildman–Crippen LogP) is 2.79. The van der Waals surface area contributed by atoms with Crippen molar-refractivity contribution in [3.8, 4) is 11.3 Å². The Bertz CT molecular complexity index is 1040. The number of ether oxygens (including phenoxy) is 1. The summed E-state index contributed by atoms with van der Waals surface area (Å²) in [7, 11) is 0. The first-order valence-corrected chi connectivity index (χ1v) is 8.48. The van der Waals surface area contributed by atoms with Crippen molar-refractivity contribution in [2.45, 2.75) is 26.7 Å². The second-order valence-electron chi connectivity index (χ2n) is 5.98. The van der Waals surface area contributed by atoms with Gasteiger partial charge in [-0.2, -0.15) is 0 Å². The van der Waals surface area contributed by atoms with Crippen LogP contribution < -0.4 is 11.2 Å². The van der Waals surface area contributed by atoms with Crippen LogP contribution in [0.1, 0.15) is 18.1 Å². The monoisotopic (exact) mass is 370 g/mol. The van der Waals surface area contributed by atoms with Gasteiger partial charge in [0.15, 0.2) is 0 Å². The Morgan fingerprint density at radius 2 is 1.70 bits per heavy atom. The minimum atomic E-state index is -0.912. The summed E-state index contributed by atoms with van der Waals surface area (Å²) in [4.78, 5) is 24.8. The molecule has 7 heteroatoms. The number of hydrogen-bond acceptors (Lipinski definition) is 4. The fourth-order valence-electron chi connectivity index (χ4n) is 2.89. The molecule has 0 spiro atoms. The van der Waals surface area contributed by atoms with Crippen molar-refractivity contribution in [3.05, 3.63) is 92.4 Å². The molecule has 1 aromatic heterocycles. The number of halogens is 1. The van der Waals surface area contributed by atoms with Gasteiger partial charge in [-0.25, -0.2) is 9.18 Å². The highest BCUT2D eigenvalue weighted by atomic mass is 19.1. The van der Waals surface area contributed by atoms with E-state index in [9.17, 15) is 19.2 Å². The lowest BCUT2D eigenvalue weighted by Crippen LogP contribution is -2.42. The first-order chi connectivity index (χ1) is 13.0. The molecule has 0 fully saturated rings. The van der Waals surface area contributed by atoms with Gasteiger partial charge in [-0.05, 0) is 41.8 Å². The van der Waals surface area contributed by atoms with Gasteiger partial charge in [-0.15, -0.1) is 0 Å². The number of benzene rings is 2. The zero-order chi connectivity index (χ0) is 19.4. The highest BCUT2D eigenvalue weighted by molar-refractivity contribution is 5.63. The van der Waals surface area contributed by atoms with Crippen LogP contribution in [-0.4, -0.2) is 14.5 Å². The quantitative estimate of drug-likeness (QED) is 0.677. The number of hydrogen-bond donors (Lipinski definition) is 1. The van der Waals surface area contributed by atoms with Crippen LogP contribution in [-0.2, 0) is 24.5 Å². The summed E-state index contributed by atoms with van der Waals surface area (Å²) in [6.07, 6.45) is 0.283. The van der Waals surface area contributed by atoms with Crippen molar-refractivity contribution in [1.82, 2.24) is 9.30 Å². The van der Waals surface area contributed by atoms with Crippen molar-refractivity contribution in [2.24, 2.45) is 0 Å². The maximum Gasteiger partial charge on any atom is 0.366 e. The molecule has 3 aromatic rings. The van der Waals surface area contributed by atoms with Gasteiger partial charge >= 0.3 is 5.69 Å². The van der Waals surface area contributed by atoms with Crippen LogP contribution in [0.15, 0.2) is 64.2 Å². The third-order valence-corrected chi connectivity index (χ3v) is 4.22. The van der Waals surface area contributed by atoms with E-state index in [4.69, 9.17) is 4.74 Å². The molecule has 0 amide bonds. The molecule has 0 aliphatic rings. The van der Waals surface area contributed by atoms with E-state index >= 15 is 0 Å². The fraction of sp³-hybridized carbons (Fsp3) is 0.200. The molecule has 6 nitrogen and oxygen atoms in total. The van der Waals surface area contributed by atoms with E-state index < -0.39 is 17.1 Å². The average Bonchev–Trinajstić information content (AvgIpc) is 2.69. The van der Waals surface area contributed by atoms with Crippen molar-refractivity contribution in [2.75, 3.05) is 0 Å². The summed E-state index contributed by atoms with van der Waals surface area (Å²) in [5, 5.41) is 9.89. The second-order valence-corrected chi connectivity index (χ2v) is 5.98. The minimum Gasteiger partial charge on any atom is -0.421 e. The fourth-order valence-corrected chi connectivity index (χ4v) is 2.89. The Balaban J connectivity index is 2.05. The third-order valence-electron chi connectivity index (χ3n) is 4.22. The maximum absolute atomic E-state index is 13.3. The highest BCUT2D eigenvalue weighted by Gasteiger charge is 2.19. The SMILES string of the molecule is CCc1c(-c2ccc(F)cc2)n(COCc2ccccc2)c(=O)n(O)c1=O. The minimum absolute atomic E-state index is 0.0811. The van der Waals surface area contributed by atoms with Crippen molar-refractivity contribution < 1.29 is 14.3 Å². The molecule has 0 bridgehead atoms. The Morgan fingerprint density at radius 1 is 1.04 bits per heavy atom. The van der Waals surface area contributed by atoms with E-state index in [-0.39, 0.29) is 30.1 Å². The van der Waals surface area contributed by atoms with E-state index in [1.165, 1.54) is 28.8 Å². The summed E-state index contributed by atoms with van der Waals surface area (Å²) in [5.41, 5.74) is 0.261. The van der Waals surface area contributed by atoms with E-state index in [1.807, 2.05) is 30.3 Å². The molecule has 0 aliphatic heterocycles. The van der Waals surface area contributed by atoms with E-state index in [1.54, 1.807) is 6.92 Å². The van der Waals surface area contributed by atoms with Crippen LogP contribution >= 0.6 is 0 Å². The van der Waals surface area contributed by atoms with Gasteiger partial charge in [-0.3, -0.25) is 9.36 Å². The standard InChI is InChI=1S/C20H19FN2O4/c1-2-17-18(15-8-10-16(21)11-9-15)22(20(25)23(26)19(17)24)13-27-12-14-6-4-3-5-7-14/h3-11,26H,2,12-13H2,1H3. The van der Waals surface area contributed by atoms with Gasteiger partial charge in [0, 0.05) is 5.56 Å². The zero-order valence-corrected chi connectivity index (χ0v) is 14.8. The smallest absolute Gasteiger partial charge is 0.366 e. The topological polar surface area (TPSA) is 73.5 Å². The lowest BCUT2D eigenvalue weighted by molar-refractivity contribution is 0.0532. The normalized spacial score (nSPS) is 10.9. The van der Waals surface area contributed by atoms with Crippen LogP contribution in [0, 0.1) is 5.82 Å². The average molecular weight is 370 g/mol. The largest absolute Gasteiger partial charge is 0.421 e.